The Morgan fingerprint density at radius 3 is 3.00 bits per heavy atom. The van der Waals surface area contributed by atoms with Crippen molar-refractivity contribution in [2.24, 2.45) is 0 Å². The molecule has 0 aliphatic heterocycles. The van der Waals surface area contributed by atoms with Crippen LogP contribution >= 0.6 is 27.5 Å². The average Bonchev–Trinajstić information content (AvgIpc) is 2.64. The smallest absolute Gasteiger partial charge is 0.143 e. The van der Waals surface area contributed by atoms with E-state index in [0.29, 0.717) is 5.15 Å². The van der Waals surface area contributed by atoms with Crippen LogP contribution in [0.2, 0.25) is 5.15 Å². The van der Waals surface area contributed by atoms with Crippen molar-refractivity contribution in [3.8, 4) is 0 Å². The summed E-state index contributed by atoms with van der Waals surface area (Å²) in [6, 6.07) is 5.72. The van der Waals surface area contributed by atoms with Gasteiger partial charge in [0.1, 0.15) is 11.0 Å². The molecule has 0 saturated carbocycles. The number of nitrogens with zero attached hydrogens (tertiary/aromatic N) is 1. The molecule has 2 N–H and O–H groups in total. The monoisotopic (exact) mass is 271 g/mol. The summed E-state index contributed by atoms with van der Waals surface area (Å²) in [7, 11) is 0. The molecule has 14 heavy (non-hydrogen) atoms. The second-order valence-corrected chi connectivity index (χ2v) is 3.92. The molecule has 2 aromatic heterocycles. The van der Waals surface area contributed by atoms with Gasteiger partial charge < -0.3 is 10.3 Å². The van der Waals surface area contributed by atoms with Crippen molar-refractivity contribution in [2.45, 2.75) is 0 Å². The highest BCUT2D eigenvalue weighted by molar-refractivity contribution is 9.10. The van der Waals surface area contributed by atoms with Crippen LogP contribution in [-0.4, -0.2) is 9.97 Å². The number of aromatic amines is 1. The molecule has 2 rings (SSSR count). The van der Waals surface area contributed by atoms with Gasteiger partial charge in [-0.05, 0) is 34.1 Å². The summed E-state index contributed by atoms with van der Waals surface area (Å²) in [6.07, 6.45) is 3.52. The molecule has 0 saturated heterocycles. The highest BCUT2D eigenvalue weighted by Gasteiger charge is 2.00. The number of H-pyrrole nitrogens is 1. The standard InChI is InChI=1S/C9H7BrClN3/c10-7-4-6(5-13-9(7)11)14-8-2-1-3-12-8/h1-5,12,14H. The first-order valence-electron chi connectivity index (χ1n) is 3.97. The zero-order valence-electron chi connectivity index (χ0n) is 7.09. The Morgan fingerprint density at radius 2 is 2.36 bits per heavy atom. The maximum absolute atomic E-state index is 5.77. The van der Waals surface area contributed by atoms with E-state index in [1.165, 1.54) is 0 Å². The van der Waals surface area contributed by atoms with Crippen LogP contribution in [0.25, 0.3) is 0 Å². The van der Waals surface area contributed by atoms with Crippen molar-refractivity contribution in [1.29, 1.82) is 0 Å². The molecule has 3 nitrogen and oxygen atoms in total. The first-order chi connectivity index (χ1) is 6.75. The molecule has 0 atom stereocenters. The van der Waals surface area contributed by atoms with Crippen LogP contribution in [0.15, 0.2) is 35.1 Å². The molecule has 0 radical (unpaired) electrons. The summed E-state index contributed by atoms with van der Waals surface area (Å²) in [5.74, 6) is 0.918. The van der Waals surface area contributed by atoms with Crippen LogP contribution in [0.3, 0.4) is 0 Å². The molecule has 0 aromatic carbocycles. The largest absolute Gasteiger partial charge is 0.348 e. The molecule has 0 bridgehead atoms. The van der Waals surface area contributed by atoms with E-state index in [2.05, 4.69) is 31.2 Å². The molecule has 0 fully saturated rings. The molecular formula is C9H7BrClN3. The van der Waals surface area contributed by atoms with Gasteiger partial charge in [-0.3, -0.25) is 0 Å². The Hall–Kier alpha value is -1.00. The minimum Gasteiger partial charge on any atom is -0.348 e. The lowest BCUT2D eigenvalue weighted by atomic mass is 10.4. The van der Waals surface area contributed by atoms with Gasteiger partial charge in [0.05, 0.1) is 16.4 Å². The van der Waals surface area contributed by atoms with E-state index in [1.807, 2.05) is 24.4 Å². The lowest BCUT2D eigenvalue weighted by Crippen LogP contribution is -1.91. The summed E-state index contributed by atoms with van der Waals surface area (Å²) in [4.78, 5) is 7.03. The fourth-order valence-corrected chi connectivity index (χ4v) is 1.51. The third kappa shape index (κ3) is 2.08. The second-order valence-electron chi connectivity index (χ2n) is 2.71. The summed E-state index contributed by atoms with van der Waals surface area (Å²) in [5.41, 5.74) is 0.878. The maximum Gasteiger partial charge on any atom is 0.143 e. The predicted octanol–water partition coefficient (Wildman–Crippen LogP) is 3.57. The van der Waals surface area contributed by atoms with Crippen molar-refractivity contribution in [1.82, 2.24) is 9.97 Å². The van der Waals surface area contributed by atoms with E-state index in [9.17, 15) is 0 Å². The Balaban J connectivity index is 2.22. The third-order valence-electron chi connectivity index (χ3n) is 1.67. The van der Waals surface area contributed by atoms with Gasteiger partial charge in [0.15, 0.2) is 0 Å². The number of hydrogen-bond acceptors (Lipinski definition) is 2. The van der Waals surface area contributed by atoms with Crippen molar-refractivity contribution >= 4 is 39.0 Å². The van der Waals surface area contributed by atoms with Crippen molar-refractivity contribution in [2.75, 3.05) is 5.32 Å². The van der Waals surface area contributed by atoms with Crippen LogP contribution in [0.4, 0.5) is 11.5 Å². The highest BCUT2D eigenvalue weighted by Crippen LogP contribution is 2.24. The Kier molecular flexibility index (Phi) is 2.74. The van der Waals surface area contributed by atoms with Crippen LogP contribution in [-0.2, 0) is 0 Å². The van der Waals surface area contributed by atoms with Gasteiger partial charge >= 0.3 is 0 Å². The minimum absolute atomic E-state index is 0.460. The molecule has 2 heterocycles. The van der Waals surface area contributed by atoms with E-state index in [-0.39, 0.29) is 0 Å². The summed E-state index contributed by atoms with van der Waals surface area (Å²) in [6.45, 7) is 0. The molecular weight excluding hydrogens is 265 g/mol. The number of hydrogen-bond donors (Lipinski definition) is 2. The molecule has 5 heteroatoms. The molecule has 72 valence electrons. The SMILES string of the molecule is Clc1ncc(Nc2ccc[nH]2)cc1Br. The number of rotatable bonds is 2. The van der Waals surface area contributed by atoms with Crippen LogP contribution in [0, 0.1) is 0 Å². The Bertz CT molecular complexity index is 428. The topological polar surface area (TPSA) is 40.7 Å². The number of halogens is 2. The predicted molar refractivity (Wildman–Crippen MR) is 61.0 cm³/mol. The van der Waals surface area contributed by atoms with Gasteiger partial charge in [-0.15, -0.1) is 0 Å². The van der Waals surface area contributed by atoms with E-state index in [4.69, 9.17) is 11.6 Å². The second kappa shape index (κ2) is 4.02. The summed E-state index contributed by atoms with van der Waals surface area (Å²) < 4.78 is 0.774. The van der Waals surface area contributed by atoms with E-state index < -0.39 is 0 Å². The Morgan fingerprint density at radius 1 is 1.50 bits per heavy atom. The lowest BCUT2D eigenvalue weighted by Gasteiger charge is -2.04. The van der Waals surface area contributed by atoms with Gasteiger partial charge in [-0.2, -0.15) is 0 Å². The van der Waals surface area contributed by atoms with E-state index in [0.717, 1.165) is 16.0 Å². The fourth-order valence-electron chi connectivity index (χ4n) is 1.05. The quantitative estimate of drug-likeness (QED) is 0.821. The maximum atomic E-state index is 5.77. The van der Waals surface area contributed by atoms with Gasteiger partial charge in [0, 0.05) is 6.20 Å². The first-order valence-corrected chi connectivity index (χ1v) is 5.14. The first kappa shape index (κ1) is 9.55. The molecule has 0 aliphatic rings. The van der Waals surface area contributed by atoms with E-state index in [1.54, 1.807) is 6.20 Å². The zero-order chi connectivity index (χ0) is 9.97. The van der Waals surface area contributed by atoms with Crippen LogP contribution < -0.4 is 5.32 Å². The fraction of sp³-hybridized carbons (Fsp3) is 0. The van der Waals surface area contributed by atoms with Crippen molar-refractivity contribution in [3.05, 3.63) is 40.2 Å². The molecule has 0 amide bonds. The van der Waals surface area contributed by atoms with Crippen molar-refractivity contribution < 1.29 is 0 Å². The third-order valence-corrected chi connectivity index (χ3v) is 2.81. The number of anilines is 2. The van der Waals surface area contributed by atoms with Gasteiger partial charge in [-0.25, -0.2) is 4.98 Å². The number of nitrogens with one attached hydrogen (secondary N) is 2. The van der Waals surface area contributed by atoms with Crippen LogP contribution in [0.5, 0.6) is 0 Å². The van der Waals surface area contributed by atoms with Gasteiger partial charge in [0.25, 0.3) is 0 Å². The highest BCUT2D eigenvalue weighted by atomic mass is 79.9. The summed E-state index contributed by atoms with van der Waals surface area (Å²) in [5, 5.41) is 3.61. The van der Waals surface area contributed by atoms with Crippen LogP contribution in [0.1, 0.15) is 0 Å². The molecule has 0 spiro atoms. The normalized spacial score (nSPS) is 10.1. The van der Waals surface area contributed by atoms with Gasteiger partial charge in [0.2, 0.25) is 0 Å². The van der Waals surface area contributed by atoms with Crippen molar-refractivity contribution in [3.63, 3.8) is 0 Å². The van der Waals surface area contributed by atoms with Gasteiger partial charge in [-0.1, -0.05) is 11.6 Å². The lowest BCUT2D eigenvalue weighted by molar-refractivity contribution is 1.29. The number of pyridine rings is 1. The average molecular weight is 273 g/mol. The molecule has 0 unspecified atom stereocenters. The number of aromatic nitrogens is 2. The molecule has 0 aliphatic carbocycles. The zero-order valence-corrected chi connectivity index (χ0v) is 9.43. The van der Waals surface area contributed by atoms with E-state index >= 15 is 0 Å². The Labute approximate surface area is 94.6 Å². The molecule has 2 aromatic rings. The summed E-state index contributed by atoms with van der Waals surface area (Å²) >= 11 is 9.07. The minimum atomic E-state index is 0.460.